The van der Waals surface area contributed by atoms with E-state index in [4.69, 9.17) is 4.74 Å². The highest BCUT2D eigenvalue weighted by Gasteiger charge is 2.12. The number of nitrogens with one attached hydrogen (secondary N) is 2. The Balaban J connectivity index is 1.85. The molecule has 0 aliphatic heterocycles. The normalized spacial score (nSPS) is 10.2. The first-order valence-electron chi connectivity index (χ1n) is 7.67. The van der Waals surface area contributed by atoms with Crippen molar-refractivity contribution in [2.24, 2.45) is 0 Å². The first kappa shape index (κ1) is 17.1. The molecule has 0 bridgehead atoms. The Labute approximate surface area is 149 Å². The fourth-order valence-electron chi connectivity index (χ4n) is 2.35. The van der Waals surface area contributed by atoms with Crippen LogP contribution in [-0.2, 0) is 4.79 Å². The second-order valence-electron chi connectivity index (χ2n) is 5.36. The molecule has 3 aromatic rings. The van der Waals surface area contributed by atoms with E-state index in [1.165, 1.54) is 25.0 Å². The van der Waals surface area contributed by atoms with Gasteiger partial charge in [-0.1, -0.05) is 6.07 Å². The summed E-state index contributed by atoms with van der Waals surface area (Å²) in [7, 11) is 1.50. The van der Waals surface area contributed by atoms with Gasteiger partial charge >= 0.3 is 0 Å². The zero-order valence-electron chi connectivity index (χ0n) is 14.1. The SMILES string of the molecule is COc1ccc(NC(C)=O)cc1NC(=O)c1cccc(-n2cnnn2)c1. The van der Waals surface area contributed by atoms with Crippen LogP contribution >= 0.6 is 0 Å². The molecule has 2 amide bonds. The number of hydrogen-bond acceptors (Lipinski definition) is 6. The number of amides is 2. The van der Waals surface area contributed by atoms with Gasteiger partial charge in [0.05, 0.1) is 18.5 Å². The Hall–Kier alpha value is -3.75. The van der Waals surface area contributed by atoms with Crippen LogP contribution in [0, 0.1) is 0 Å². The predicted octanol–water partition coefficient (Wildman–Crippen LogP) is 1.88. The zero-order valence-corrected chi connectivity index (χ0v) is 14.1. The number of aromatic nitrogens is 4. The van der Waals surface area contributed by atoms with Gasteiger partial charge in [-0.3, -0.25) is 9.59 Å². The van der Waals surface area contributed by atoms with E-state index in [1.54, 1.807) is 42.5 Å². The fraction of sp³-hybridized carbons (Fsp3) is 0.118. The molecule has 26 heavy (non-hydrogen) atoms. The average Bonchev–Trinajstić information content (AvgIpc) is 3.16. The van der Waals surface area contributed by atoms with E-state index in [0.717, 1.165) is 0 Å². The van der Waals surface area contributed by atoms with Crippen LogP contribution in [0.5, 0.6) is 5.75 Å². The van der Waals surface area contributed by atoms with Crippen molar-refractivity contribution in [3.8, 4) is 11.4 Å². The van der Waals surface area contributed by atoms with Crippen LogP contribution in [0.4, 0.5) is 11.4 Å². The van der Waals surface area contributed by atoms with E-state index >= 15 is 0 Å². The van der Waals surface area contributed by atoms with Gasteiger partial charge in [-0.05, 0) is 46.8 Å². The number of carbonyl (C=O) groups excluding carboxylic acids is 2. The van der Waals surface area contributed by atoms with Gasteiger partial charge in [0.15, 0.2) is 0 Å². The number of nitrogens with zero attached hydrogens (tertiary/aromatic N) is 4. The molecular weight excluding hydrogens is 336 g/mol. The maximum atomic E-state index is 12.6. The van der Waals surface area contributed by atoms with Crippen LogP contribution < -0.4 is 15.4 Å². The molecule has 2 N–H and O–H groups in total. The molecule has 0 fully saturated rings. The number of tetrazole rings is 1. The number of benzene rings is 2. The number of rotatable bonds is 5. The molecule has 0 spiro atoms. The Morgan fingerprint density at radius 2 is 1.96 bits per heavy atom. The van der Waals surface area contributed by atoms with E-state index < -0.39 is 0 Å². The molecule has 1 aromatic heterocycles. The largest absolute Gasteiger partial charge is 0.495 e. The summed E-state index contributed by atoms with van der Waals surface area (Å²) in [6.45, 7) is 1.41. The molecule has 0 radical (unpaired) electrons. The van der Waals surface area contributed by atoms with Crippen molar-refractivity contribution < 1.29 is 14.3 Å². The van der Waals surface area contributed by atoms with Crippen LogP contribution in [0.1, 0.15) is 17.3 Å². The van der Waals surface area contributed by atoms with Crippen molar-refractivity contribution in [2.45, 2.75) is 6.92 Å². The van der Waals surface area contributed by atoms with Crippen LogP contribution in [0.25, 0.3) is 5.69 Å². The molecule has 9 heteroatoms. The van der Waals surface area contributed by atoms with Gasteiger partial charge in [-0.2, -0.15) is 0 Å². The zero-order chi connectivity index (χ0) is 18.5. The van der Waals surface area contributed by atoms with Gasteiger partial charge in [0, 0.05) is 18.2 Å². The standard InChI is InChI=1S/C17H16N6O3/c1-11(24)19-13-6-7-16(26-2)15(9-13)20-17(25)12-4-3-5-14(8-12)23-10-18-21-22-23/h3-10H,1-2H3,(H,19,24)(H,20,25). The van der Waals surface area contributed by atoms with Crippen LogP contribution in [0.15, 0.2) is 48.8 Å². The molecule has 2 aromatic carbocycles. The number of carbonyl (C=O) groups is 2. The van der Waals surface area contributed by atoms with Crippen molar-refractivity contribution >= 4 is 23.2 Å². The molecule has 9 nitrogen and oxygen atoms in total. The lowest BCUT2D eigenvalue weighted by atomic mass is 10.1. The monoisotopic (exact) mass is 352 g/mol. The van der Waals surface area contributed by atoms with E-state index in [9.17, 15) is 9.59 Å². The van der Waals surface area contributed by atoms with Crippen LogP contribution in [0.2, 0.25) is 0 Å². The molecule has 0 aliphatic carbocycles. The van der Waals surface area contributed by atoms with Crippen molar-refractivity contribution in [1.82, 2.24) is 20.2 Å². The summed E-state index contributed by atoms with van der Waals surface area (Å²) in [6.07, 6.45) is 1.44. The van der Waals surface area contributed by atoms with E-state index in [2.05, 4.69) is 26.2 Å². The Morgan fingerprint density at radius 1 is 1.12 bits per heavy atom. The molecule has 3 rings (SSSR count). The summed E-state index contributed by atoms with van der Waals surface area (Å²) in [5.41, 5.74) is 2.07. The predicted molar refractivity (Wildman–Crippen MR) is 94.4 cm³/mol. The lowest BCUT2D eigenvalue weighted by Gasteiger charge is -2.13. The molecular formula is C17H16N6O3. The maximum Gasteiger partial charge on any atom is 0.255 e. The third-order valence-electron chi connectivity index (χ3n) is 3.49. The van der Waals surface area contributed by atoms with E-state index in [0.29, 0.717) is 28.4 Å². The minimum atomic E-state index is -0.335. The molecule has 0 saturated heterocycles. The minimum absolute atomic E-state index is 0.207. The van der Waals surface area contributed by atoms with Crippen molar-refractivity contribution in [1.29, 1.82) is 0 Å². The molecule has 0 aliphatic rings. The summed E-state index contributed by atoms with van der Waals surface area (Å²) in [4.78, 5) is 23.8. The second-order valence-corrected chi connectivity index (χ2v) is 5.36. The van der Waals surface area contributed by atoms with Crippen molar-refractivity contribution in [3.63, 3.8) is 0 Å². The number of hydrogen-bond donors (Lipinski definition) is 2. The van der Waals surface area contributed by atoms with E-state index in [1.807, 2.05) is 0 Å². The molecule has 0 unspecified atom stereocenters. The summed E-state index contributed by atoms with van der Waals surface area (Å²) >= 11 is 0. The van der Waals surface area contributed by atoms with Crippen molar-refractivity contribution in [3.05, 3.63) is 54.4 Å². The summed E-state index contributed by atoms with van der Waals surface area (Å²) in [5, 5.41) is 16.4. The molecule has 132 valence electrons. The third-order valence-corrected chi connectivity index (χ3v) is 3.49. The second kappa shape index (κ2) is 7.43. The molecule has 1 heterocycles. The summed E-state index contributed by atoms with van der Waals surface area (Å²) in [6, 6.07) is 11.8. The molecule has 0 atom stereocenters. The number of ether oxygens (including phenoxy) is 1. The van der Waals surface area contributed by atoms with Crippen molar-refractivity contribution in [2.75, 3.05) is 17.7 Å². The number of methoxy groups -OCH3 is 1. The lowest BCUT2D eigenvalue weighted by molar-refractivity contribution is -0.114. The summed E-state index contributed by atoms with van der Waals surface area (Å²) < 4.78 is 6.72. The van der Waals surface area contributed by atoms with Gasteiger partial charge in [0.25, 0.3) is 5.91 Å². The summed E-state index contributed by atoms with van der Waals surface area (Å²) in [5.74, 6) is -0.0659. The Kier molecular flexibility index (Phi) is 4.88. The van der Waals surface area contributed by atoms with Gasteiger partial charge in [0.1, 0.15) is 12.1 Å². The highest BCUT2D eigenvalue weighted by Crippen LogP contribution is 2.28. The Bertz CT molecular complexity index is 939. The van der Waals surface area contributed by atoms with Crippen LogP contribution in [0.3, 0.4) is 0 Å². The Morgan fingerprint density at radius 3 is 2.65 bits per heavy atom. The topological polar surface area (TPSA) is 111 Å². The quantitative estimate of drug-likeness (QED) is 0.725. The first-order valence-corrected chi connectivity index (χ1v) is 7.67. The van der Waals surface area contributed by atoms with Gasteiger partial charge < -0.3 is 15.4 Å². The van der Waals surface area contributed by atoms with Gasteiger partial charge in [-0.25, -0.2) is 4.68 Å². The maximum absolute atomic E-state index is 12.6. The minimum Gasteiger partial charge on any atom is -0.495 e. The van der Waals surface area contributed by atoms with E-state index in [-0.39, 0.29) is 11.8 Å². The molecule has 0 saturated carbocycles. The average molecular weight is 352 g/mol. The number of anilines is 2. The highest BCUT2D eigenvalue weighted by atomic mass is 16.5. The first-order chi connectivity index (χ1) is 12.6. The lowest BCUT2D eigenvalue weighted by Crippen LogP contribution is -2.14. The third kappa shape index (κ3) is 3.83. The van der Waals surface area contributed by atoms with Gasteiger partial charge in [0.2, 0.25) is 5.91 Å². The highest BCUT2D eigenvalue weighted by molar-refractivity contribution is 6.05. The fourth-order valence-corrected chi connectivity index (χ4v) is 2.35. The smallest absolute Gasteiger partial charge is 0.255 e. The van der Waals surface area contributed by atoms with Crippen LogP contribution in [-0.4, -0.2) is 39.1 Å². The van der Waals surface area contributed by atoms with Gasteiger partial charge in [-0.15, -0.1) is 5.10 Å².